The highest BCUT2D eigenvalue weighted by molar-refractivity contribution is 7.09. The average molecular weight is 194 g/mol. The molecule has 1 N–H and O–H groups in total. The summed E-state index contributed by atoms with van der Waals surface area (Å²) in [6, 6.07) is 0. The minimum absolute atomic E-state index is 0.0911. The Kier molecular flexibility index (Phi) is 6.61. The molecule has 6 heteroatoms. The van der Waals surface area contributed by atoms with E-state index in [4.69, 9.17) is 5.11 Å². The first-order valence-electron chi connectivity index (χ1n) is 3.36. The Morgan fingerprint density at radius 2 is 1.92 bits per heavy atom. The van der Waals surface area contributed by atoms with Crippen LogP contribution in [0.5, 0.6) is 0 Å². The van der Waals surface area contributed by atoms with E-state index < -0.39 is 11.9 Å². The topological polar surface area (TPSA) is 72.8 Å². The molecule has 0 aromatic carbocycles. The molecule has 0 aliphatic heterocycles. The second-order valence-corrected chi connectivity index (χ2v) is 2.32. The molecule has 12 heavy (non-hydrogen) atoms. The van der Waals surface area contributed by atoms with Gasteiger partial charge >= 0.3 is 11.9 Å². The number of hydrogen-bond donors (Lipinski definition) is 1. The number of carboxylic acids is 1. The Hall–Kier alpha value is -0.670. The summed E-state index contributed by atoms with van der Waals surface area (Å²) < 4.78 is 9.13. The van der Waals surface area contributed by atoms with Gasteiger partial charge in [-0.05, 0) is 0 Å². The normalized spacial score (nSPS) is 9.42. The Morgan fingerprint density at radius 1 is 1.25 bits per heavy atom. The minimum Gasteiger partial charge on any atom is -0.481 e. The van der Waals surface area contributed by atoms with Crippen LogP contribution in [0.25, 0.3) is 0 Å². The molecule has 0 aliphatic carbocycles. The van der Waals surface area contributed by atoms with Gasteiger partial charge in [-0.15, -0.1) is 0 Å². The Morgan fingerprint density at radius 3 is 2.42 bits per heavy atom. The van der Waals surface area contributed by atoms with Crippen molar-refractivity contribution in [2.45, 2.75) is 12.8 Å². The summed E-state index contributed by atoms with van der Waals surface area (Å²) in [5.74, 6) is -1.52. The Bertz CT molecular complexity index is 158. The van der Waals surface area contributed by atoms with Gasteiger partial charge in [-0.25, -0.2) is 0 Å². The van der Waals surface area contributed by atoms with Crippen molar-refractivity contribution in [3.63, 3.8) is 0 Å². The smallest absolute Gasteiger partial charge is 0.306 e. The first-order valence-corrected chi connectivity index (χ1v) is 3.83. The molecule has 0 spiro atoms. The molecule has 0 saturated heterocycles. The third kappa shape index (κ3) is 7.44. The summed E-state index contributed by atoms with van der Waals surface area (Å²) in [5, 5.41) is 8.20. The lowest BCUT2D eigenvalue weighted by atomic mass is 10.3. The van der Waals surface area contributed by atoms with Crippen LogP contribution in [0.15, 0.2) is 0 Å². The lowest BCUT2D eigenvalue weighted by Crippen LogP contribution is -2.10. The maximum Gasteiger partial charge on any atom is 0.306 e. The molecule has 0 bridgehead atoms. The number of aliphatic carboxylic acids is 1. The van der Waals surface area contributed by atoms with Gasteiger partial charge in [0.1, 0.15) is 6.61 Å². The monoisotopic (exact) mass is 194 g/mol. The molecule has 0 aliphatic rings. The van der Waals surface area contributed by atoms with Crippen molar-refractivity contribution in [2.75, 3.05) is 13.2 Å². The third-order valence-electron chi connectivity index (χ3n) is 1.01. The van der Waals surface area contributed by atoms with Crippen LogP contribution in [0.3, 0.4) is 0 Å². The van der Waals surface area contributed by atoms with Crippen LogP contribution in [0.2, 0.25) is 0 Å². The zero-order valence-corrected chi connectivity index (χ0v) is 7.64. The number of carbonyl (C=O) groups is 2. The van der Waals surface area contributed by atoms with Crippen LogP contribution < -0.4 is 0 Å². The molecule has 0 radical (unpaired) electrons. The molecular weight excluding hydrogens is 183 g/mol. The van der Waals surface area contributed by atoms with Gasteiger partial charge in [-0.1, -0.05) is 0 Å². The van der Waals surface area contributed by atoms with Gasteiger partial charge in [0.15, 0.2) is 0 Å². The van der Waals surface area contributed by atoms with Gasteiger partial charge in [0, 0.05) is 9.47 Å². The predicted octanol–water partition coefficient (Wildman–Crippen LogP) is 0.201. The zero-order chi connectivity index (χ0) is 9.40. The van der Waals surface area contributed by atoms with Gasteiger partial charge in [0.05, 0.1) is 19.4 Å². The summed E-state index contributed by atoms with van der Waals surface area (Å²) in [6.07, 6.45) is -0.285. The van der Waals surface area contributed by atoms with Crippen molar-refractivity contribution in [1.82, 2.24) is 0 Å². The van der Waals surface area contributed by atoms with Crippen molar-refractivity contribution < 1.29 is 24.0 Å². The van der Waals surface area contributed by atoms with Gasteiger partial charge < -0.3 is 14.4 Å². The van der Waals surface area contributed by atoms with Crippen molar-refractivity contribution in [3.8, 4) is 0 Å². The predicted molar refractivity (Wildman–Crippen MR) is 43.5 cm³/mol. The van der Waals surface area contributed by atoms with Crippen LogP contribution in [-0.4, -0.2) is 30.3 Å². The van der Waals surface area contributed by atoms with Crippen molar-refractivity contribution in [3.05, 3.63) is 0 Å². The minimum atomic E-state index is -1.01. The van der Waals surface area contributed by atoms with Crippen LogP contribution in [0, 0.1) is 0 Å². The van der Waals surface area contributed by atoms with Gasteiger partial charge in [0.2, 0.25) is 0 Å². The summed E-state index contributed by atoms with van der Waals surface area (Å²) in [4.78, 5) is 20.7. The van der Waals surface area contributed by atoms with Crippen LogP contribution in [0.4, 0.5) is 0 Å². The second-order valence-electron chi connectivity index (χ2n) is 1.98. The number of esters is 1. The lowest BCUT2D eigenvalue weighted by molar-refractivity contribution is -0.148. The van der Waals surface area contributed by atoms with Crippen molar-refractivity contribution in [2.24, 2.45) is 0 Å². The molecule has 1 unspecified atom stereocenters. The quantitative estimate of drug-likeness (QED) is 0.371. The average Bonchev–Trinajstić information content (AvgIpc) is 2.01. The highest BCUT2D eigenvalue weighted by atomic mass is 31.0. The lowest BCUT2D eigenvalue weighted by Gasteiger charge is -2.01. The van der Waals surface area contributed by atoms with E-state index in [1.165, 1.54) is 0 Å². The van der Waals surface area contributed by atoms with E-state index in [1.54, 1.807) is 0 Å². The highest BCUT2D eigenvalue weighted by Crippen LogP contribution is 1.93. The summed E-state index contributed by atoms with van der Waals surface area (Å²) in [5.41, 5.74) is 0. The number of carboxylic acid groups (broad SMARTS) is 1. The second kappa shape index (κ2) is 7.00. The molecule has 5 nitrogen and oxygen atoms in total. The van der Waals surface area contributed by atoms with Gasteiger partial charge in [-0.3, -0.25) is 9.59 Å². The fourth-order valence-electron chi connectivity index (χ4n) is 0.485. The maximum atomic E-state index is 10.7. The van der Waals surface area contributed by atoms with Gasteiger partial charge in [-0.2, -0.15) is 0 Å². The largest absolute Gasteiger partial charge is 0.481 e. The fraction of sp³-hybridized carbons (Fsp3) is 0.667. The first kappa shape index (κ1) is 11.3. The van der Waals surface area contributed by atoms with E-state index in [9.17, 15) is 9.59 Å². The van der Waals surface area contributed by atoms with Crippen LogP contribution in [-0.2, 0) is 18.8 Å². The number of ether oxygens (including phenoxy) is 1. The van der Waals surface area contributed by atoms with Crippen molar-refractivity contribution in [1.29, 1.82) is 0 Å². The zero-order valence-electron chi connectivity index (χ0n) is 6.49. The van der Waals surface area contributed by atoms with E-state index in [0.717, 1.165) is 0 Å². The number of rotatable bonds is 6. The third-order valence-corrected chi connectivity index (χ3v) is 1.24. The van der Waals surface area contributed by atoms with E-state index in [0.29, 0.717) is 6.61 Å². The SMILES string of the molecule is O=C(O)CCC(=O)OCCOP. The molecule has 0 fully saturated rings. The molecule has 70 valence electrons. The molecule has 0 rings (SSSR count). The summed E-state index contributed by atoms with van der Waals surface area (Å²) in [7, 11) is 2.02. The molecule has 0 amide bonds. The molecule has 1 atom stereocenters. The van der Waals surface area contributed by atoms with Crippen molar-refractivity contribution >= 4 is 21.4 Å². The van der Waals surface area contributed by atoms with Gasteiger partial charge in [0.25, 0.3) is 0 Å². The first-order chi connectivity index (χ1) is 5.66. The Labute approximate surface area is 72.3 Å². The summed E-state index contributed by atoms with van der Waals surface area (Å²) in [6.45, 7) is 0.450. The van der Waals surface area contributed by atoms with Crippen LogP contribution >= 0.6 is 9.47 Å². The maximum absolute atomic E-state index is 10.7. The van der Waals surface area contributed by atoms with E-state index in [2.05, 4.69) is 9.26 Å². The number of hydrogen-bond acceptors (Lipinski definition) is 4. The molecule has 0 aromatic heterocycles. The molecule has 0 heterocycles. The van der Waals surface area contributed by atoms with E-state index in [-0.39, 0.29) is 19.4 Å². The Balaban J connectivity index is 3.28. The van der Waals surface area contributed by atoms with Crippen LogP contribution in [0.1, 0.15) is 12.8 Å². The molecule has 0 aromatic rings. The number of carbonyl (C=O) groups excluding carboxylic acids is 1. The highest BCUT2D eigenvalue weighted by Gasteiger charge is 2.05. The van der Waals surface area contributed by atoms with E-state index >= 15 is 0 Å². The molecule has 0 saturated carbocycles. The van der Waals surface area contributed by atoms with E-state index in [1.807, 2.05) is 9.47 Å². The molecular formula is C6H11O5P. The summed E-state index contributed by atoms with van der Waals surface area (Å²) >= 11 is 0. The standard InChI is InChI=1S/C6H11O5P/c7-5(8)1-2-6(9)10-3-4-11-12/h1-4,12H2,(H,7,8). The fourth-order valence-corrected chi connectivity index (χ4v) is 0.581.